The molecule has 2 amide bonds. The van der Waals surface area contributed by atoms with Gasteiger partial charge < -0.3 is 15.1 Å². The lowest BCUT2D eigenvalue weighted by Crippen LogP contribution is -2.35. The Labute approximate surface area is 174 Å². The molecule has 7 heteroatoms. The zero-order valence-electron chi connectivity index (χ0n) is 17.6. The number of benzene rings is 2. The van der Waals surface area contributed by atoms with Crippen LogP contribution in [-0.2, 0) is 0 Å². The molecule has 0 radical (unpaired) electrons. The Morgan fingerprint density at radius 2 is 1.87 bits per heavy atom. The molecule has 0 aliphatic carbocycles. The molecule has 0 aliphatic rings. The summed E-state index contributed by atoms with van der Waals surface area (Å²) in [6, 6.07) is 9.83. The number of amides is 2. The zero-order chi connectivity index (χ0) is 22.4. The van der Waals surface area contributed by atoms with Crippen LogP contribution >= 0.6 is 0 Å². The number of carbonyl (C=O) groups excluding carboxylic acids is 1. The summed E-state index contributed by atoms with van der Waals surface area (Å²) in [7, 11) is 0. The second kappa shape index (κ2) is 9.88. The minimum atomic E-state index is -0.967. The van der Waals surface area contributed by atoms with Gasteiger partial charge in [-0.1, -0.05) is 33.8 Å². The molecule has 1 aromatic heterocycles. The fraction of sp³-hybridized carbons (Fsp3) is 0.304. The summed E-state index contributed by atoms with van der Waals surface area (Å²) in [5.74, 6) is -1.63. The van der Waals surface area contributed by atoms with Crippen LogP contribution in [0.5, 0.6) is 0 Å². The number of nitrogens with one attached hydrogen (secondary N) is 2. The quantitative estimate of drug-likeness (QED) is 0.517. The fourth-order valence-corrected chi connectivity index (χ4v) is 3.09. The molecule has 0 aliphatic heterocycles. The van der Waals surface area contributed by atoms with E-state index in [0.717, 1.165) is 6.07 Å². The highest BCUT2D eigenvalue weighted by Gasteiger charge is 2.27. The predicted octanol–water partition coefficient (Wildman–Crippen LogP) is 6.44. The molecule has 2 aromatic carbocycles. The van der Waals surface area contributed by atoms with Crippen molar-refractivity contribution in [3.05, 3.63) is 64.9 Å². The number of nitriles is 1. The van der Waals surface area contributed by atoms with Gasteiger partial charge in [-0.25, -0.2) is 13.6 Å². The van der Waals surface area contributed by atoms with Crippen LogP contribution in [0.25, 0.3) is 11.0 Å². The van der Waals surface area contributed by atoms with Crippen LogP contribution in [0.1, 0.15) is 50.6 Å². The maximum absolute atomic E-state index is 14.2. The third-order valence-electron chi connectivity index (χ3n) is 4.51. The largest absolute Gasteiger partial charge is 0.458 e. The first kappa shape index (κ1) is 22.9. The Balaban J connectivity index is 0.00000155. The molecule has 0 saturated carbocycles. The first-order valence-corrected chi connectivity index (χ1v) is 9.76. The van der Waals surface area contributed by atoms with Gasteiger partial charge in [0.1, 0.15) is 11.3 Å². The Bertz CT molecular complexity index is 1080. The number of hydrogen-bond donors (Lipinski definition) is 2. The van der Waals surface area contributed by atoms with Gasteiger partial charge in [-0.15, -0.1) is 0 Å². The number of carbonyl (C=O) groups is 1. The van der Waals surface area contributed by atoms with E-state index in [4.69, 9.17) is 9.68 Å². The van der Waals surface area contributed by atoms with Crippen molar-refractivity contribution < 1.29 is 18.0 Å². The molecule has 5 nitrogen and oxygen atoms in total. The summed E-state index contributed by atoms with van der Waals surface area (Å²) >= 11 is 0. The number of nitrogens with zero attached hydrogens (tertiary/aromatic N) is 1. The average Bonchev–Trinajstić information content (AvgIpc) is 3.07. The molecular formula is C23H25F2N3O2. The molecule has 2 N–H and O–H groups in total. The monoisotopic (exact) mass is 413 g/mol. The third kappa shape index (κ3) is 4.77. The van der Waals surface area contributed by atoms with Crippen LogP contribution in [0.2, 0.25) is 0 Å². The summed E-state index contributed by atoms with van der Waals surface area (Å²) < 4.78 is 33.5. The molecule has 30 heavy (non-hydrogen) atoms. The highest BCUT2D eigenvalue weighted by atomic mass is 19.2. The number of halogens is 2. The van der Waals surface area contributed by atoms with E-state index in [0.29, 0.717) is 22.6 Å². The normalized spacial score (nSPS) is 11.4. The Morgan fingerprint density at radius 3 is 2.50 bits per heavy atom. The first-order valence-electron chi connectivity index (χ1n) is 9.76. The number of rotatable bonds is 4. The molecule has 1 unspecified atom stereocenters. The van der Waals surface area contributed by atoms with Gasteiger partial charge in [-0.3, -0.25) is 0 Å². The number of urea groups is 1. The lowest BCUT2D eigenvalue weighted by atomic mass is 9.98. The summed E-state index contributed by atoms with van der Waals surface area (Å²) in [5, 5.41) is 14.5. The predicted molar refractivity (Wildman–Crippen MR) is 113 cm³/mol. The Morgan fingerprint density at radius 1 is 1.17 bits per heavy atom. The molecule has 0 bridgehead atoms. The van der Waals surface area contributed by atoms with Crippen molar-refractivity contribution in [2.45, 2.75) is 40.7 Å². The number of furan rings is 1. The van der Waals surface area contributed by atoms with Gasteiger partial charge in [0.25, 0.3) is 0 Å². The van der Waals surface area contributed by atoms with E-state index < -0.39 is 23.7 Å². The molecule has 1 atom stereocenters. The highest BCUT2D eigenvalue weighted by molar-refractivity contribution is 5.90. The van der Waals surface area contributed by atoms with Crippen LogP contribution in [0.15, 0.2) is 40.8 Å². The highest BCUT2D eigenvalue weighted by Crippen LogP contribution is 2.35. The minimum Gasteiger partial charge on any atom is -0.458 e. The van der Waals surface area contributed by atoms with Crippen molar-refractivity contribution in [2.75, 3.05) is 5.32 Å². The molecular weight excluding hydrogens is 388 g/mol. The lowest BCUT2D eigenvalue weighted by Gasteiger charge is -2.21. The molecule has 0 spiro atoms. The molecule has 0 fully saturated rings. The zero-order valence-corrected chi connectivity index (χ0v) is 17.6. The maximum Gasteiger partial charge on any atom is 0.319 e. The van der Waals surface area contributed by atoms with Crippen molar-refractivity contribution in [3.63, 3.8) is 0 Å². The summed E-state index contributed by atoms with van der Waals surface area (Å²) in [6.45, 7) is 9.39. The third-order valence-corrected chi connectivity index (χ3v) is 4.51. The van der Waals surface area contributed by atoms with E-state index in [1.54, 1.807) is 31.2 Å². The second-order valence-corrected chi connectivity index (χ2v) is 6.84. The van der Waals surface area contributed by atoms with Gasteiger partial charge in [0.05, 0.1) is 23.1 Å². The number of anilines is 1. The maximum atomic E-state index is 14.2. The first-order chi connectivity index (χ1) is 14.3. The summed E-state index contributed by atoms with van der Waals surface area (Å²) in [6.07, 6.45) is 0. The van der Waals surface area contributed by atoms with Crippen LogP contribution in [0.4, 0.5) is 19.3 Å². The van der Waals surface area contributed by atoms with E-state index in [1.165, 1.54) is 6.07 Å². The second-order valence-electron chi connectivity index (χ2n) is 6.84. The van der Waals surface area contributed by atoms with Gasteiger partial charge in [-0.2, -0.15) is 5.26 Å². The fourth-order valence-electron chi connectivity index (χ4n) is 3.09. The van der Waals surface area contributed by atoms with Crippen LogP contribution in [0.3, 0.4) is 0 Å². The topological polar surface area (TPSA) is 78.1 Å². The van der Waals surface area contributed by atoms with Crippen LogP contribution in [0, 0.1) is 35.8 Å². The van der Waals surface area contributed by atoms with Gasteiger partial charge in [-0.05, 0) is 43.2 Å². The number of hydrogen-bond acceptors (Lipinski definition) is 3. The smallest absolute Gasteiger partial charge is 0.319 e. The van der Waals surface area contributed by atoms with E-state index in [2.05, 4.69) is 10.6 Å². The standard InChI is InChI=1S/C21H19F2N3O2.C2H6/c1-11(2)19(26-21(27)25-14-6-4-5-13(9-14)10-24)20-12(3)17-16(28-20)8-7-15(22)18(17)23;1-2/h4-9,11,19H,1-3H3,(H2,25,26,27);1-2H3. The Kier molecular flexibility index (Phi) is 7.54. The van der Waals surface area contributed by atoms with E-state index >= 15 is 0 Å². The number of fused-ring (bicyclic) bond motifs is 1. The van der Waals surface area contributed by atoms with Crippen LogP contribution in [-0.4, -0.2) is 6.03 Å². The molecule has 3 aromatic rings. The van der Waals surface area contributed by atoms with Crippen molar-refractivity contribution in [3.8, 4) is 6.07 Å². The summed E-state index contributed by atoms with van der Waals surface area (Å²) in [5.41, 5.74) is 1.55. The lowest BCUT2D eigenvalue weighted by molar-refractivity contribution is 0.241. The van der Waals surface area contributed by atoms with Crippen LogP contribution < -0.4 is 10.6 Å². The molecule has 158 valence electrons. The minimum absolute atomic E-state index is 0.0737. The van der Waals surface area contributed by atoms with Gasteiger partial charge >= 0.3 is 6.03 Å². The Hall–Kier alpha value is -3.40. The van der Waals surface area contributed by atoms with E-state index in [1.807, 2.05) is 33.8 Å². The molecule has 3 rings (SSSR count). The van der Waals surface area contributed by atoms with Gasteiger partial charge in [0, 0.05) is 11.3 Å². The SMILES string of the molecule is CC.Cc1c(C(NC(=O)Nc2cccc(C#N)c2)C(C)C)oc2ccc(F)c(F)c12. The van der Waals surface area contributed by atoms with Crippen molar-refractivity contribution in [2.24, 2.45) is 5.92 Å². The summed E-state index contributed by atoms with van der Waals surface area (Å²) in [4.78, 5) is 12.5. The molecule has 1 heterocycles. The van der Waals surface area contributed by atoms with Gasteiger partial charge in [0.2, 0.25) is 0 Å². The van der Waals surface area contributed by atoms with Gasteiger partial charge in [0.15, 0.2) is 11.6 Å². The average molecular weight is 413 g/mol. The van der Waals surface area contributed by atoms with Crippen molar-refractivity contribution >= 4 is 22.7 Å². The van der Waals surface area contributed by atoms with Crippen molar-refractivity contribution in [1.82, 2.24) is 5.32 Å². The van der Waals surface area contributed by atoms with Crippen molar-refractivity contribution in [1.29, 1.82) is 5.26 Å². The molecule has 0 saturated heterocycles. The van der Waals surface area contributed by atoms with E-state index in [9.17, 15) is 13.6 Å². The van der Waals surface area contributed by atoms with E-state index in [-0.39, 0.29) is 16.9 Å². The number of aryl methyl sites for hydroxylation is 1.